The Kier molecular flexibility index (Phi) is 4.14. The quantitative estimate of drug-likeness (QED) is 0.731. The molecular formula is C13H23BrN2O. The number of alkyl halides is 1. The highest BCUT2D eigenvalue weighted by Crippen LogP contribution is 2.25. The van der Waals surface area contributed by atoms with Crippen LogP contribution in [0.3, 0.4) is 0 Å². The van der Waals surface area contributed by atoms with E-state index in [1.165, 1.54) is 32.4 Å². The zero-order chi connectivity index (χ0) is 12.5. The smallest absolute Gasteiger partial charge is 0.238 e. The van der Waals surface area contributed by atoms with Crippen LogP contribution < -0.4 is 0 Å². The number of hydrogen-bond acceptors (Lipinski definition) is 2. The molecule has 0 aliphatic carbocycles. The monoisotopic (exact) mass is 302 g/mol. The summed E-state index contributed by atoms with van der Waals surface area (Å²) in [6.07, 6.45) is 5.18. The zero-order valence-electron chi connectivity index (χ0n) is 10.9. The molecule has 0 saturated carbocycles. The predicted molar refractivity (Wildman–Crippen MR) is 73.4 cm³/mol. The van der Waals surface area contributed by atoms with Crippen LogP contribution in [0.1, 0.15) is 39.5 Å². The standard InChI is InChI=1S/C13H23BrN2O/c1-13(2,14)12(17)16-9-6-11(10-16)15-7-4-3-5-8-15/h11H,3-10H2,1-2H3. The average Bonchev–Trinajstić information content (AvgIpc) is 2.77. The third-order valence-electron chi connectivity index (χ3n) is 3.87. The van der Waals surface area contributed by atoms with Gasteiger partial charge in [-0.2, -0.15) is 0 Å². The van der Waals surface area contributed by atoms with Crippen molar-refractivity contribution in [3.05, 3.63) is 0 Å². The molecule has 0 bridgehead atoms. The third kappa shape index (κ3) is 3.22. The van der Waals surface area contributed by atoms with E-state index in [1.807, 2.05) is 18.7 Å². The van der Waals surface area contributed by atoms with Crippen LogP contribution in [0, 0.1) is 0 Å². The van der Waals surface area contributed by atoms with E-state index < -0.39 is 4.32 Å². The number of amides is 1. The summed E-state index contributed by atoms with van der Waals surface area (Å²) in [6, 6.07) is 0.606. The molecule has 1 amide bonds. The lowest BCUT2D eigenvalue weighted by Crippen LogP contribution is -2.44. The molecule has 2 rings (SSSR count). The molecule has 0 aromatic heterocycles. The third-order valence-corrected chi connectivity index (χ3v) is 4.21. The first-order chi connectivity index (χ1) is 7.98. The molecule has 4 heteroatoms. The fourth-order valence-corrected chi connectivity index (χ4v) is 3.13. The van der Waals surface area contributed by atoms with E-state index >= 15 is 0 Å². The largest absolute Gasteiger partial charge is 0.340 e. The first-order valence-electron chi connectivity index (χ1n) is 6.71. The van der Waals surface area contributed by atoms with Gasteiger partial charge in [0, 0.05) is 19.1 Å². The molecule has 98 valence electrons. The second-order valence-corrected chi connectivity index (χ2v) is 7.75. The number of piperidine rings is 1. The van der Waals surface area contributed by atoms with E-state index in [9.17, 15) is 4.79 Å². The highest BCUT2D eigenvalue weighted by atomic mass is 79.9. The maximum absolute atomic E-state index is 12.2. The minimum absolute atomic E-state index is 0.233. The molecule has 2 aliphatic rings. The molecule has 1 atom stereocenters. The van der Waals surface area contributed by atoms with Crippen LogP contribution in [0.25, 0.3) is 0 Å². The Labute approximate surface area is 113 Å². The van der Waals surface area contributed by atoms with Gasteiger partial charge in [0.15, 0.2) is 0 Å². The number of carbonyl (C=O) groups is 1. The summed E-state index contributed by atoms with van der Waals surface area (Å²) in [5.41, 5.74) is 0. The molecule has 0 radical (unpaired) electrons. The SMILES string of the molecule is CC(C)(Br)C(=O)N1CCC(N2CCCCC2)C1. The van der Waals surface area contributed by atoms with E-state index in [4.69, 9.17) is 0 Å². The first kappa shape index (κ1) is 13.3. The number of halogens is 1. The van der Waals surface area contributed by atoms with Gasteiger partial charge in [-0.15, -0.1) is 0 Å². The lowest BCUT2D eigenvalue weighted by Gasteiger charge is -2.32. The molecule has 1 unspecified atom stereocenters. The maximum Gasteiger partial charge on any atom is 0.238 e. The van der Waals surface area contributed by atoms with Crippen LogP contribution in [0.5, 0.6) is 0 Å². The molecular weight excluding hydrogens is 280 g/mol. The molecule has 0 spiro atoms. The van der Waals surface area contributed by atoms with Crippen LogP contribution in [0.4, 0.5) is 0 Å². The Hall–Kier alpha value is -0.0900. The van der Waals surface area contributed by atoms with E-state index in [0.29, 0.717) is 6.04 Å². The minimum Gasteiger partial charge on any atom is -0.340 e. The van der Waals surface area contributed by atoms with Crippen LogP contribution in [-0.4, -0.2) is 52.3 Å². The van der Waals surface area contributed by atoms with Gasteiger partial charge in [-0.3, -0.25) is 9.69 Å². The Balaban J connectivity index is 1.88. The van der Waals surface area contributed by atoms with Gasteiger partial charge in [0.1, 0.15) is 0 Å². The lowest BCUT2D eigenvalue weighted by atomic mass is 10.1. The van der Waals surface area contributed by atoms with E-state index in [1.54, 1.807) is 0 Å². The highest BCUT2D eigenvalue weighted by Gasteiger charge is 2.36. The topological polar surface area (TPSA) is 23.6 Å². The van der Waals surface area contributed by atoms with Gasteiger partial charge in [0.05, 0.1) is 4.32 Å². The van der Waals surface area contributed by atoms with Gasteiger partial charge in [0.25, 0.3) is 0 Å². The van der Waals surface area contributed by atoms with Crippen molar-refractivity contribution in [3.8, 4) is 0 Å². The number of rotatable bonds is 2. The van der Waals surface area contributed by atoms with Gasteiger partial charge in [0.2, 0.25) is 5.91 Å². The highest BCUT2D eigenvalue weighted by molar-refractivity contribution is 9.10. The van der Waals surface area contributed by atoms with Gasteiger partial charge in [-0.25, -0.2) is 0 Å². The average molecular weight is 303 g/mol. The van der Waals surface area contributed by atoms with Crippen LogP contribution in [-0.2, 0) is 4.79 Å². The second kappa shape index (κ2) is 5.27. The van der Waals surface area contributed by atoms with Crippen LogP contribution in [0.2, 0.25) is 0 Å². The zero-order valence-corrected chi connectivity index (χ0v) is 12.5. The van der Waals surface area contributed by atoms with Crippen LogP contribution >= 0.6 is 15.9 Å². The lowest BCUT2D eigenvalue weighted by molar-refractivity contribution is -0.131. The first-order valence-corrected chi connectivity index (χ1v) is 7.50. The normalized spacial score (nSPS) is 27.5. The van der Waals surface area contributed by atoms with Crippen molar-refractivity contribution in [1.29, 1.82) is 0 Å². The summed E-state index contributed by atoms with van der Waals surface area (Å²) < 4.78 is -0.413. The van der Waals surface area contributed by atoms with Gasteiger partial charge < -0.3 is 4.90 Å². The molecule has 0 aromatic rings. The fourth-order valence-electron chi connectivity index (χ4n) is 2.88. The molecule has 0 aromatic carbocycles. The van der Waals surface area contributed by atoms with Gasteiger partial charge in [-0.1, -0.05) is 22.4 Å². The van der Waals surface area contributed by atoms with Gasteiger partial charge >= 0.3 is 0 Å². The van der Waals surface area contributed by atoms with Crippen LogP contribution in [0.15, 0.2) is 0 Å². The molecule has 0 N–H and O–H groups in total. The summed E-state index contributed by atoms with van der Waals surface area (Å²) in [5, 5.41) is 0. The summed E-state index contributed by atoms with van der Waals surface area (Å²) in [7, 11) is 0. The summed E-state index contributed by atoms with van der Waals surface area (Å²) in [4.78, 5) is 16.8. The molecule has 2 aliphatic heterocycles. The molecule has 3 nitrogen and oxygen atoms in total. The Morgan fingerprint density at radius 1 is 1.18 bits per heavy atom. The minimum atomic E-state index is -0.413. The second-order valence-electron chi connectivity index (χ2n) is 5.76. The summed E-state index contributed by atoms with van der Waals surface area (Å²) in [6.45, 7) is 8.17. The molecule has 17 heavy (non-hydrogen) atoms. The van der Waals surface area contributed by atoms with Crippen molar-refractivity contribution >= 4 is 21.8 Å². The molecule has 2 fully saturated rings. The predicted octanol–water partition coefficient (Wildman–Crippen LogP) is 2.25. The Morgan fingerprint density at radius 2 is 1.82 bits per heavy atom. The Morgan fingerprint density at radius 3 is 2.41 bits per heavy atom. The van der Waals surface area contributed by atoms with Crippen molar-refractivity contribution in [2.24, 2.45) is 0 Å². The van der Waals surface area contributed by atoms with Crippen molar-refractivity contribution in [1.82, 2.24) is 9.80 Å². The molecule has 2 saturated heterocycles. The Bertz CT molecular complexity index is 282. The number of likely N-dealkylation sites (tertiary alicyclic amines) is 2. The van der Waals surface area contributed by atoms with E-state index in [0.717, 1.165) is 19.5 Å². The van der Waals surface area contributed by atoms with Crippen molar-refractivity contribution in [2.45, 2.75) is 49.9 Å². The maximum atomic E-state index is 12.2. The molecule has 2 heterocycles. The van der Waals surface area contributed by atoms with E-state index in [-0.39, 0.29) is 5.91 Å². The van der Waals surface area contributed by atoms with E-state index in [2.05, 4.69) is 20.8 Å². The van der Waals surface area contributed by atoms with Crippen molar-refractivity contribution in [3.63, 3.8) is 0 Å². The number of hydrogen-bond donors (Lipinski definition) is 0. The summed E-state index contributed by atoms with van der Waals surface area (Å²) in [5.74, 6) is 0.233. The number of carbonyl (C=O) groups excluding carboxylic acids is 1. The number of nitrogens with zero attached hydrogens (tertiary/aromatic N) is 2. The van der Waals surface area contributed by atoms with Crippen molar-refractivity contribution in [2.75, 3.05) is 26.2 Å². The van der Waals surface area contributed by atoms with Crippen molar-refractivity contribution < 1.29 is 4.79 Å². The van der Waals surface area contributed by atoms with Gasteiger partial charge in [-0.05, 0) is 46.2 Å². The summed E-state index contributed by atoms with van der Waals surface area (Å²) >= 11 is 3.47. The fraction of sp³-hybridized carbons (Fsp3) is 0.923.